The molecule has 47 heavy (non-hydrogen) atoms. The fraction of sp³-hybridized carbons (Fsp3) is 0.462. The molecule has 8 heteroatoms. The van der Waals surface area contributed by atoms with Gasteiger partial charge in [-0.15, -0.1) is 6.58 Å². The smallest absolute Gasteiger partial charge is 0.359 e. The molecule has 2 aromatic carbocycles. The van der Waals surface area contributed by atoms with Crippen LogP contribution in [0.2, 0.25) is 0 Å². The minimum absolute atomic E-state index is 0.128. The van der Waals surface area contributed by atoms with Gasteiger partial charge in [0.2, 0.25) is 5.60 Å². The molecule has 0 saturated heterocycles. The Morgan fingerprint density at radius 3 is 2.09 bits per heavy atom. The molecule has 0 heterocycles. The van der Waals surface area contributed by atoms with Crippen molar-refractivity contribution in [2.75, 3.05) is 26.4 Å². The highest BCUT2D eigenvalue weighted by Gasteiger charge is 2.43. The predicted octanol–water partition coefficient (Wildman–Crippen LogP) is 8.08. The van der Waals surface area contributed by atoms with Crippen LogP contribution >= 0.6 is 0 Å². The number of hydrogen-bond acceptors (Lipinski definition) is 8. The van der Waals surface area contributed by atoms with Crippen LogP contribution < -0.4 is 4.74 Å². The summed E-state index contributed by atoms with van der Waals surface area (Å²) in [7, 11) is 0. The van der Waals surface area contributed by atoms with Crippen molar-refractivity contribution in [2.45, 2.75) is 89.3 Å². The zero-order valence-electron chi connectivity index (χ0n) is 27.9. The molecule has 1 atom stereocenters. The van der Waals surface area contributed by atoms with Gasteiger partial charge in [0.1, 0.15) is 5.75 Å². The third-order valence-electron chi connectivity index (χ3n) is 7.76. The van der Waals surface area contributed by atoms with Crippen molar-refractivity contribution < 1.29 is 38.1 Å². The third kappa shape index (κ3) is 12.9. The lowest BCUT2D eigenvalue weighted by molar-refractivity contribution is -0.173. The fourth-order valence-corrected chi connectivity index (χ4v) is 5.01. The van der Waals surface area contributed by atoms with E-state index in [0.717, 1.165) is 63.7 Å². The average molecular weight is 647 g/mol. The molecule has 1 unspecified atom stereocenters. The van der Waals surface area contributed by atoms with Gasteiger partial charge in [-0.2, -0.15) is 0 Å². The highest BCUT2D eigenvalue weighted by atomic mass is 16.6. The monoisotopic (exact) mass is 646 g/mol. The van der Waals surface area contributed by atoms with Gasteiger partial charge >= 0.3 is 17.9 Å². The number of unbranched alkanes of at least 4 members (excludes halogenated alkanes) is 7. The van der Waals surface area contributed by atoms with Crippen LogP contribution in [0.4, 0.5) is 0 Å². The average Bonchev–Trinajstić information content (AvgIpc) is 3.09. The molecule has 0 aromatic heterocycles. The van der Waals surface area contributed by atoms with E-state index in [1.54, 1.807) is 43.3 Å². The molecule has 0 bridgehead atoms. The standard InChI is InChI=1S/C39H50O8/c1-4-6-7-15-28-43-29-16-10-8-9-11-17-30-45-35-22-20-34(21-23-35)37(41)47-39(38(42)46-31(3)36(40)44-5-2)26-24-33(25-27-39)32-18-13-12-14-19-32/h4,12-14,18-27,31,33H,1,5-11,15-17,28-30H2,2-3H3. The Labute approximate surface area is 279 Å². The van der Waals surface area contributed by atoms with Gasteiger partial charge in [-0.1, -0.05) is 74.2 Å². The number of carbonyl (C=O) groups is 3. The maximum Gasteiger partial charge on any atom is 0.359 e. The second-order valence-electron chi connectivity index (χ2n) is 11.5. The summed E-state index contributed by atoms with van der Waals surface area (Å²) < 4.78 is 27.7. The number of rotatable bonds is 22. The minimum atomic E-state index is -1.85. The van der Waals surface area contributed by atoms with Crippen LogP contribution in [-0.4, -0.2) is 56.0 Å². The van der Waals surface area contributed by atoms with Gasteiger partial charge in [0.15, 0.2) is 6.10 Å². The number of carbonyl (C=O) groups excluding carboxylic acids is 3. The number of allylic oxidation sites excluding steroid dienone is 3. The molecule has 0 N–H and O–H groups in total. The second-order valence-corrected chi connectivity index (χ2v) is 11.5. The third-order valence-corrected chi connectivity index (χ3v) is 7.76. The largest absolute Gasteiger partial charge is 0.494 e. The molecule has 8 nitrogen and oxygen atoms in total. The first-order valence-corrected chi connectivity index (χ1v) is 16.8. The summed E-state index contributed by atoms with van der Waals surface area (Å²) in [5, 5.41) is 0. The first-order chi connectivity index (χ1) is 22.9. The van der Waals surface area contributed by atoms with E-state index in [-0.39, 0.29) is 18.1 Å². The maximum absolute atomic E-state index is 13.4. The van der Waals surface area contributed by atoms with Crippen molar-refractivity contribution in [2.24, 2.45) is 0 Å². The zero-order chi connectivity index (χ0) is 33.7. The van der Waals surface area contributed by atoms with Crippen molar-refractivity contribution in [1.82, 2.24) is 0 Å². The van der Waals surface area contributed by atoms with Crippen molar-refractivity contribution in [3.05, 3.63) is 103 Å². The summed E-state index contributed by atoms with van der Waals surface area (Å²) in [5.74, 6) is -1.78. The summed E-state index contributed by atoms with van der Waals surface area (Å²) in [6.45, 7) is 9.22. The molecule has 2 aromatic rings. The minimum Gasteiger partial charge on any atom is -0.494 e. The lowest BCUT2D eigenvalue weighted by Gasteiger charge is -2.30. The number of benzene rings is 2. The summed E-state index contributed by atoms with van der Waals surface area (Å²) in [4.78, 5) is 38.8. The number of ether oxygens (including phenoxy) is 5. The number of esters is 3. The van der Waals surface area contributed by atoms with Gasteiger partial charge in [0.25, 0.3) is 0 Å². The molecule has 1 aliphatic rings. The number of hydrogen-bond donors (Lipinski definition) is 0. The maximum atomic E-state index is 13.4. The van der Waals surface area contributed by atoms with Crippen molar-refractivity contribution in [1.29, 1.82) is 0 Å². The van der Waals surface area contributed by atoms with Crippen molar-refractivity contribution in [3.8, 4) is 5.75 Å². The van der Waals surface area contributed by atoms with Gasteiger partial charge in [-0.3, -0.25) is 0 Å². The highest BCUT2D eigenvalue weighted by molar-refractivity contribution is 5.95. The second kappa shape index (κ2) is 20.9. The van der Waals surface area contributed by atoms with E-state index in [1.807, 2.05) is 36.4 Å². The van der Waals surface area contributed by atoms with E-state index in [4.69, 9.17) is 23.7 Å². The van der Waals surface area contributed by atoms with E-state index >= 15 is 0 Å². The molecular weight excluding hydrogens is 596 g/mol. The van der Waals surface area contributed by atoms with Gasteiger partial charge in [0.05, 0.1) is 18.8 Å². The van der Waals surface area contributed by atoms with Crippen LogP contribution in [0.25, 0.3) is 0 Å². The molecule has 0 aliphatic heterocycles. The first-order valence-electron chi connectivity index (χ1n) is 16.8. The van der Waals surface area contributed by atoms with E-state index in [0.29, 0.717) is 12.4 Å². The molecule has 0 amide bonds. The Balaban J connectivity index is 1.47. The summed E-state index contributed by atoms with van der Waals surface area (Å²) >= 11 is 0. The van der Waals surface area contributed by atoms with Crippen LogP contribution in [0.3, 0.4) is 0 Å². The van der Waals surface area contributed by atoms with Crippen LogP contribution in [0.5, 0.6) is 5.75 Å². The molecule has 0 fully saturated rings. The summed E-state index contributed by atoms with van der Waals surface area (Å²) in [6.07, 6.45) is 17.3. The van der Waals surface area contributed by atoms with E-state index in [9.17, 15) is 14.4 Å². The first kappa shape index (κ1) is 37.3. The molecule has 0 radical (unpaired) electrons. The van der Waals surface area contributed by atoms with E-state index in [2.05, 4.69) is 6.58 Å². The van der Waals surface area contributed by atoms with Crippen LogP contribution in [0, 0.1) is 0 Å². The Kier molecular flexibility index (Phi) is 16.5. The molecule has 0 spiro atoms. The molecule has 0 saturated carbocycles. The van der Waals surface area contributed by atoms with Crippen molar-refractivity contribution >= 4 is 17.9 Å². The Hall–Kier alpha value is -4.17. The quantitative estimate of drug-likeness (QED) is 0.0548. The topological polar surface area (TPSA) is 97.4 Å². The van der Waals surface area contributed by atoms with Crippen LogP contribution in [0.1, 0.15) is 93.5 Å². The SMILES string of the molecule is C=CCCCCOCCCCCCCCOc1ccc(C(=O)OC2(C(=O)OC(C)C(=O)OCC)C=CC(c3ccccc3)C=C2)cc1. The summed E-state index contributed by atoms with van der Waals surface area (Å²) in [6, 6.07) is 16.3. The lowest BCUT2D eigenvalue weighted by atomic mass is 9.88. The molecule has 254 valence electrons. The van der Waals surface area contributed by atoms with Crippen LogP contribution in [0.15, 0.2) is 91.6 Å². The van der Waals surface area contributed by atoms with Gasteiger partial charge < -0.3 is 23.7 Å². The van der Waals surface area contributed by atoms with Gasteiger partial charge in [-0.05, 0) is 87.9 Å². The highest BCUT2D eigenvalue weighted by Crippen LogP contribution is 2.31. The zero-order valence-corrected chi connectivity index (χ0v) is 27.9. The normalized spacial score (nSPS) is 17.4. The summed E-state index contributed by atoms with van der Waals surface area (Å²) in [5.41, 5.74) is -0.595. The molecular formula is C39H50O8. The lowest BCUT2D eigenvalue weighted by Crippen LogP contribution is -2.44. The van der Waals surface area contributed by atoms with Crippen molar-refractivity contribution in [3.63, 3.8) is 0 Å². The Morgan fingerprint density at radius 1 is 0.830 bits per heavy atom. The van der Waals surface area contributed by atoms with Crippen LogP contribution in [-0.2, 0) is 28.5 Å². The Bertz CT molecular complexity index is 1280. The van der Waals surface area contributed by atoms with Gasteiger partial charge in [0, 0.05) is 19.1 Å². The fourth-order valence-electron chi connectivity index (χ4n) is 5.01. The van der Waals surface area contributed by atoms with E-state index < -0.39 is 29.6 Å². The Morgan fingerprint density at radius 2 is 1.45 bits per heavy atom. The van der Waals surface area contributed by atoms with Gasteiger partial charge in [-0.25, -0.2) is 14.4 Å². The predicted molar refractivity (Wildman–Crippen MR) is 182 cm³/mol. The van der Waals surface area contributed by atoms with E-state index in [1.165, 1.54) is 31.9 Å². The molecule has 1 aliphatic carbocycles. The molecule has 3 rings (SSSR count).